The molecular weight excluding hydrogens is 510 g/mol. The van der Waals surface area contributed by atoms with E-state index in [-0.39, 0.29) is 18.7 Å². The molecule has 0 aromatic rings. The van der Waals surface area contributed by atoms with Gasteiger partial charge >= 0.3 is 11.9 Å². The van der Waals surface area contributed by atoms with Crippen LogP contribution in [0.5, 0.6) is 0 Å². The number of nitrogens with one attached hydrogen (secondary N) is 1. The lowest BCUT2D eigenvalue weighted by molar-refractivity contribution is -0.155. The lowest BCUT2D eigenvalue weighted by Crippen LogP contribution is -2.59. The number of carbonyl (C=O) groups excluding carboxylic acids is 6. The van der Waals surface area contributed by atoms with Crippen LogP contribution in [-0.4, -0.2) is 94.8 Å². The molecule has 13 nitrogen and oxygen atoms in total. The number of nitrogens with zero attached hydrogens (tertiary/aromatic N) is 2. The van der Waals surface area contributed by atoms with Crippen LogP contribution in [0.1, 0.15) is 78.1 Å². The van der Waals surface area contributed by atoms with Crippen molar-refractivity contribution in [3.63, 3.8) is 0 Å². The first-order valence-electron chi connectivity index (χ1n) is 13.9. The Morgan fingerprint density at radius 1 is 0.769 bits per heavy atom. The number of esters is 2. The van der Waals surface area contributed by atoms with Gasteiger partial charge in [0.05, 0.1) is 0 Å². The van der Waals surface area contributed by atoms with E-state index in [1.54, 1.807) is 6.92 Å². The molecule has 3 aliphatic heterocycles. The summed E-state index contributed by atoms with van der Waals surface area (Å²) >= 11 is 0. The summed E-state index contributed by atoms with van der Waals surface area (Å²) in [5.41, 5.74) is 11.7. The number of cyclic esters (lactones) is 2. The molecule has 3 aliphatic rings. The van der Waals surface area contributed by atoms with Gasteiger partial charge in [0.2, 0.25) is 23.6 Å². The highest BCUT2D eigenvalue weighted by Crippen LogP contribution is 2.26. The molecule has 0 bridgehead atoms. The van der Waals surface area contributed by atoms with Crippen molar-refractivity contribution in [1.82, 2.24) is 15.1 Å². The first kappa shape index (κ1) is 30.3. The number of ether oxygens (including phenoxy) is 2. The second-order valence-corrected chi connectivity index (χ2v) is 10.6. The van der Waals surface area contributed by atoms with Crippen molar-refractivity contribution in [3.8, 4) is 0 Å². The summed E-state index contributed by atoms with van der Waals surface area (Å²) in [5, 5.41) is 2.57. The van der Waals surface area contributed by atoms with Gasteiger partial charge in [0.25, 0.3) is 0 Å². The van der Waals surface area contributed by atoms with Crippen LogP contribution in [0.25, 0.3) is 0 Å². The first-order valence-corrected chi connectivity index (χ1v) is 13.9. The number of primary amides is 1. The minimum atomic E-state index is -1.27. The quantitative estimate of drug-likeness (QED) is 0.360. The standard InChI is InChI=1S/C26H41N5O8/c1-15-21(27)26(37)31-14-8-10-18(31)25(36)30-13-7-9-17(30)24(35)29-22(23(28)34)16(2)39-20(33)12-6-4-3-5-11-19(32)38-15/h15-18,21-22H,3-14,27H2,1-2H3,(H2,28,34)(H,29,35)/t15-,16-,17+,18+,21+,22?/m1/s1. The van der Waals surface area contributed by atoms with Crippen LogP contribution in [0, 0.1) is 0 Å². The van der Waals surface area contributed by atoms with Crippen molar-refractivity contribution >= 4 is 35.6 Å². The fourth-order valence-electron chi connectivity index (χ4n) is 5.41. The van der Waals surface area contributed by atoms with E-state index in [0.717, 1.165) is 0 Å². The Hall–Kier alpha value is -3.22. The van der Waals surface area contributed by atoms with Crippen molar-refractivity contribution in [3.05, 3.63) is 0 Å². The molecule has 3 saturated heterocycles. The lowest BCUT2D eigenvalue weighted by Gasteiger charge is -2.33. The zero-order valence-corrected chi connectivity index (χ0v) is 22.8. The van der Waals surface area contributed by atoms with E-state index in [4.69, 9.17) is 20.9 Å². The van der Waals surface area contributed by atoms with Crippen molar-refractivity contribution in [2.45, 2.75) is 114 Å². The number of hydrogen-bond donors (Lipinski definition) is 3. The minimum Gasteiger partial charge on any atom is -0.460 e. The maximum Gasteiger partial charge on any atom is 0.306 e. The number of hydrogen-bond acceptors (Lipinski definition) is 9. The fraction of sp³-hybridized carbons (Fsp3) is 0.769. The van der Waals surface area contributed by atoms with E-state index in [1.165, 1.54) is 16.7 Å². The van der Waals surface area contributed by atoms with Crippen LogP contribution in [-0.2, 0) is 38.2 Å². The van der Waals surface area contributed by atoms with Gasteiger partial charge in [-0.3, -0.25) is 28.8 Å². The first-order chi connectivity index (χ1) is 18.5. The Balaban J connectivity index is 1.81. The van der Waals surface area contributed by atoms with Gasteiger partial charge in [0, 0.05) is 25.9 Å². The molecule has 3 fully saturated rings. The van der Waals surface area contributed by atoms with E-state index in [2.05, 4.69) is 5.32 Å². The zero-order valence-electron chi connectivity index (χ0n) is 22.8. The van der Waals surface area contributed by atoms with Crippen LogP contribution in [0.2, 0.25) is 0 Å². The number of fused-ring (bicyclic) bond motifs is 2. The van der Waals surface area contributed by atoms with Gasteiger partial charge < -0.3 is 36.1 Å². The van der Waals surface area contributed by atoms with Crippen LogP contribution >= 0.6 is 0 Å². The second kappa shape index (κ2) is 13.7. The number of rotatable bonds is 1. The maximum absolute atomic E-state index is 13.6. The molecule has 0 aromatic heterocycles. The third-order valence-electron chi connectivity index (χ3n) is 7.67. The normalized spacial score (nSPS) is 32.7. The van der Waals surface area contributed by atoms with Crippen molar-refractivity contribution in [2.24, 2.45) is 11.5 Å². The van der Waals surface area contributed by atoms with Gasteiger partial charge in [0.1, 0.15) is 36.4 Å². The molecule has 13 heteroatoms. The Morgan fingerprint density at radius 3 is 1.85 bits per heavy atom. The number of carbonyl (C=O) groups is 6. The molecule has 5 N–H and O–H groups in total. The van der Waals surface area contributed by atoms with Gasteiger partial charge in [-0.25, -0.2) is 0 Å². The zero-order chi connectivity index (χ0) is 28.7. The summed E-state index contributed by atoms with van der Waals surface area (Å²) in [6.07, 6.45) is 2.67. The summed E-state index contributed by atoms with van der Waals surface area (Å²) in [5.74, 6) is -3.32. The highest BCUT2D eigenvalue weighted by Gasteiger charge is 2.44. The predicted octanol–water partition coefficient (Wildman–Crippen LogP) is -0.517. The molecule has 0 aliphatic carbocycles. The summed E-state index contributed by atoms with van der Waals surface area (Å²) in [4.78, 5) is 79.6. The van der Waals surface area contributed by atoms with Gasteiger partial charge in [-0.1, -0.05) is 12.8 Å². The molecule has 3 rings (SSSR count). The average molecular weight is 552 g/mol. The van der Waals surface area contributed by atoms with E-state index < -0.39 is 66.0 Å². The number of nitrogens with two attached hydrogens (primary N) is 2. The van der Waals surface area contributed by atoms with Gasteiger partial charge in [-0.15, -0.1) is 0 Å². The minimum absolute atomic E-state index is 0.102. The molecule has 39 heavy (non-hydrogen) atoms. The highest BCUT2D eigenvalue weighted by atomic mass is 16.5. The molecule has 4 amide bonds. The van der Waals surface area contributed by atoms with E-state index >= 15 is 0 Å². The molecule has 0 radical (unpaired) electrons. The summed E-state index contributed by atoms with van der Waals surface area (Å²) in [6, 6.07) is -4.08. The van der Waals surface area contributed by atoms with Gasteiger partial charge in [-0.05, 0) is 52.4 Å². The largest absolute Gasteiger partial charge is 0.460 e. The van der Waals surface area contributed by atoms with Crippen LogP contribution < -0.4 is 16.8 Å². The molecule has 0 spiro atoms. The molecule has 3 heterocycles. The van der Waals surface area contributed by atoms with E-state index in [0.29, 0.717) is 64.5 Å². The maximum atomic E-state index is 13.6. The molecule has 0 saturated carbocycles. The van der Waals surface area contributed by atoms with Crippen molar-refractivity contribution in [1.29, 1.82) is 0 Å². The predicted molar refractivity (Wildman–Crippen MR) is 137 cm³/mol. The third kappa shape index (κ3) is 7.68. The second-order valence-electron chi connectivity index (χ2n) is 10.6. The van der Waals surface area contributed by atoms with E-state index in [1.807, 2.05) is 0 Å². The summed E-state index contributed by atoms with van der Waals surface area (Å²) in [6.45, 7) is 3.65. The van der Waals surface area contributed by atoms with Gasteiger partial charge in [-0.2, -0.15) is 0 Å². The molecule has 1 unspecified atom stereocenters. The lowest BCUT2D eigenvalue weighted by atomic mass is 10.1. The fourth-order valence-corrected chi connectivity index (χ4v) is 5.41. The molecule has 218 valence electrons. The molecular formula is C26H41N5O8. The Labute approximate surface area is 228 Å². The number of amides is 4. The topological polar surface area (TPSA) is 191 Å². The van der Waals surface area contributed by atoms with E-state index in [9.17, 15) is 28.8 Å². The summed E-state index contributed by atoms with van der Waals surface area (Å²) < 4.78 is 10.8. The third-order valence-corrected chi connectivity index (χ3v) is 7.67. The van der Waals surface area contributed by atoms with Crippen LogP contribution in [0.15, 0.2) is 0 Å². The van der Waals surface area contributed by atoms with Crippen LogP contribution in [0.4, 0.5) is 0 Å². The molecule has 6 atom stereocenters. The monoisotopic (exact) mass is 551 g/mol. The van der Waals surface area contributed by atoms with Crippen molar-refractivity contribution < 1.29 is 38.2 Å². The molecule has 0 aromatic carbocycles. The Kier molecular flexibility index (Phi) is 10.7. The van der Waals surface area contributed by atoms with Gasteiger partial charge in [0.15, 0.2) is 0 Å². The Morgan fingerprint density at radius 2 is 1.28 bits per heavy atom. The smallest absolute Gasteiger partial charge is 0.306 e. The van der Waals surface area contributed by atoms with Crippen LogP contribution in [0.3, 0.4) is 0 Å². The Bertz CT molecular complexity index is 959. The highest BCUT2D eigenvalue weighted by molar-refractivity contribution is 5.95. The SMILES string of the molecule is C[C@H]1OC(=O)CCCCCCC(=O)O[C@H](C)[C@H](N)C(=O)N2CCC[C@H]2C(=O)N2CCC[C@H]2C(=O)NC1C(N)=O. The van der Waals surface area contributed by atoms with Crippen molar-refractivity contribution in [2.75, 3.05) is 13.1 Å². The summed E-state index contributed by atoms with van der Waals surface area (Å²) in [7, 11) is 0. The average Bonchev–Trinajstić information content (AvgIpc) is 3.57.